The molecule has 0 fully saturated rings. The van der Waals surface area contributed by atoms with Crippen molar-refractivity contribution < 1.29 is 9.47 Å². The maximum absolute atomic E-state index is 5.79. The Balaban J connectivity index is 2.17. The summed E-state index contributed by atoms with van der Waals surface area (Å²) in [7, 11) is 1.78. The highest BCUT2D eigenvalue weighted by atomic mass is 16.5. The fraction of sp³-hybridized carbons (Fsp3) is 0.647. The Hall–Kier alpha value is -1.06. The first kappa shape index (κ1) is 15.3. The zero-order valence-corrected chi connectivity index (χ0v) is 12.9. The van der Waals surface area contributed by atoms with Gasteiger partial charge in [-0.15, -0.1) is 0 Å². The Morgan fingerprint density at radius 3 is 2.95 bits per heavy atom. The molecule has 0 bridgehead atoms. The van der Waals surface area contributed by atoms with E-state index in [4.69, 9.17) is 9.47 Å². The van der Waals surface area contributed by atoms with Crippen LogP contribution in [0.4, 0.5) is 0 Å². The molecule has 1 heterocycles. The van der Waals surface area contributed by atoms with Crippen LogP contribution in [0.2, 0.25) is 0 Å². The van der Waals surface area contributed by atoms with Crippen LogP contribution in [0.15, 0.2) is 24.3 Å². The van der Waals surface area contributed by atoms with Gasteiger partial charge in [0.1, 0.15) is 5.75 Å². The van der Waals surface area contributed by atoms with Crippen LogP contribution in [0.3, 0.4) is 0 Å². The smallest absolute Gasteiger partial charge is 0.122 e. The number of benzene rings is 1. The Morgan fingerprint density at radius 2 is 2.20 bits per heavy atom. The molecule has 1 aliphatic heterocycles. The average Bonchev–Trinajstić information content (AvgIpc) is 2.50. The van der Waals surface area contributed by atoms with Crippen LogP contribution in [0, 0.1) is 5.92 Å². The quantitative estimate of drug-likeness (QED) is 0.830. The second-order valence-electron chi connectivity index (χ2n) is 5.62. The number of ether oxygens (including phenoxy) is 2. The van der Waals surface area contributed by atoms with E-state index in [9.17, 15) is 0 Å². The van der Waals surface area contributed by atoms with E-state index < -0.39 is 0 Å². The lowest BCUT2D eigenvalue weighted by Gasteiger charge is -2.36. The zero-order chi connectivity index (χ0) is 14.4. The predicted octanol–water partition coefficient (Wildman–Crippen LogP) is 3.20. The van der Waals surface area contributed by atoms with E-state index >= 15 is 0 Å². The number of nitrogens with one attached hydrogen (secondary N) is 1. The molecule has 0 aliphatic carbocycles. The van der Waals surface area contributed by atoms with Crippen LogP contribution in [-0.2, 0) is 4.74 Å². The predicted molar refractivity (Wildman–Crippen MR) is 82.4 cm³/mol. The molecule has 3 atom stereocenters. The molecule has 1 aromatic rings. The molecule has 0 amide bonds. The van der Waals surface area contributed by atoms with Crippen molar-refractivity contribution >= 4 is 0 Å². The maximum atomic E-state index is 5.79. The third-order valence-electron chi connectivity index (χ3n) is 4.27. The second kappa shape index (κ2) is 7.65. The molecule has 1 aliphatic rings. The van der Waals surface area contributed by atoms with Crippen LogP contribution in [0.25, 0.3) is 0 Å². The lowest BCUT2D eigenvalue weighted by atomic mass is 9.80. The lowest BCUT2D eigenvalue weighted by molar-refractivity contribution is 0.158. The van der Waals surface area contributed by atoms with Crippen molar-refractivity contribution in [2.75, 3.05) is 26.9 Å². The van der Waals surface area contributed by atoms with Gasteiger partial charge in [0.25, 0.3) is 0 Å². The van der Waals surface area contributed by atoms with Crippen molar-refractivity contribution in [3.63, 3.8) is 0 Å². The van der Waals surface area contributed by atoms with Crippen LogP contribution >= 0.6 is 0 Å². The third-order valence-corrected chi connectivity index (χ3v) is 4.27. The highest BCUT2D eigenvalue weighted by Crippen LogP contribution is 2.38. The Bertz CT molecular complexity index is 408. The normalized spacial score (nSPS) is 20.9. The van der Waals surface area contributed by atoms with Crippen molar-refractivity contribution in [1.29, 1.82) is 0 Å². The number of fused-ring (bicyclic) bond motifs is 1. The Kier molecular flexibility index (Phi) is 5.86. The summed E-state index contributed by atoms with van der Waals surface area (Å²) in [5.74, 6) is 2.18. The Labute approximate surface area is 122 Å². The van der Waals surface area contributed by atoms with Gasteiger partial charge in [-0.05, 0) is 36.9 Å². The molecular weight excluding hydrogens is 250 g/mol. The van der Waals surface area contributed by atoms with Gasteiger partial charge in [0.05, 0.1) is 6.61 Å². The first-order valence-corrected chi connectivity index (χ1v) is 7.72. The van der Waals surface area contributed by atoms with Gasteiger partial charge in [-0.1, -0.05) is 32.0 Å². The van der Waals surface area contributed by atoms with E-state index in [1.165, 1.54) is 5.56 Å². The SMILES string of the molecule is CCNC(C(C)CCOC)C1CCOc2ccccc21. The van der Waals surface area contributed by atoms with E-state index in [0.717, 1.165) is 38.3 Å². The summed E-state index contributed by atoms with van der Waals surface area (Å²) in [6, 6.07) is 8.96. The standard InChI is InChI=1S/C17H27NO2/c1-4-18-17(13(2)9-11-19-3)15-10-12-20-16-8-6-5-7-14(15)16/h5-8,13,15,17-18H,4,9-12H2,1-3H3. The van der Waals surface area contributed by atoms with Crippen molar-refractivity contribution in [3.05, 3.63) is 29.8 Å². The van der Waals surface area contributed by atoms with Crippen molar-refractivity contribution in [2.45, 2.75) is 38.6 Å². The fourth-order valence-electron chi connectivity index (χ4n) is 3.20. The number of hydrogen-bond acceptors (Lipinski definition) is 3. The van der Waals surface area contributed by atoms with Gasteiger partial charge in [0.15, 0.2) is 0 Å². The van der Waals surface area contributed by atoms with Crippen molar-refractivity contribution in [2.24, 2.45) is 5.92 Å². The van der Waals surface area contributed by atoms with E-state index in [2.05, 4.69) is 43.4 Å². The molecule has 0 saturated heterocycles. The van der Waals surface area contributed by atoms with E-state index in [1.807, 2.05) is 0 Å². The van der Waals surface area contributed by atoms with E-state index in [1.54, 1.807) is 7.11 Å². The topological polar surface area (TPSA) is 30.5 Å². The van der Waals surface area contributed by atoms with Crippen LogP contribution in [-0.4, -0.2) is 32.9 Å². The van der Waals surface area contributed by atoms with Gasteiger partial charge in [-0.2, -0.15) is 0 Å². The number of para-hydroxylation sites is 1. The third kappa shape index (κ3) is 3.53. The van der Waals surface area contributed by atoms with Gasteiger partial charge in [-0.3, -0.25) is 0 Å². The van der Waals surface area contributed by atoms with Crippen molar-refractivity contribution in [3.8, 4) is 5.75 Å². The molecule has 112 valence electrons. The summed E-state index contributed by atoms with van der Waals surface area (Å²) in [5, 5.41) is 3.69. The first-order chi connectivity index (χ1) is 9.77. The zero-order valence-electron chi connectivity index (χ0n) is 12.9. The molecule has 3 nitrogen and oxygen atoms in total. The van der Waals surface area contributed by atoms with Gasteiger partial charge in [0, 0.05) is 25.7 Å². The molecule has 0 aromatic heterocycles. The molecule has 2 rings (SSSR count). The van der Waals surface area contributed by atoms with Crippen molar-refractivity contribution in [1.82, 2.24) is 5.32 Å². The van der Waals surface area contributed by atoms with Gasteiger partial charge < -0.3 is 14.8 Å². The molecule has 20 heavy (non-hydrogen) atoms. The second-order valence-corrected chi connectivity index (χ2v) is 5.62. The molecule has 0 saturated carbocycles. The maximum Gasteiger partial charge on any atom is 0.122 e. The molecule has 1 aromatic carbocycles. The summed E-state index contributed by atoms with van der Waals surface area (Å²) in [6.45, 7) is 7.15. The molecule has 3 unspecified atom stereocenters. The van der Waals surface area contributed by atoms with E-state index in [0.29, 0.717) is 17.9 Å². The summed E-state index contributed by atoms with van der Waals surface area (Å²) >= 11 is 0. The molecule has 3 heteroatoms. The minimum Gasteiger partial charge on any atom is -0.493 e. The lowest BCUT2D eigenvalue weighted by Crippen LogP contribution is -2.42. The van der Waals surface area contributed by atoms with Gasteiger partial charge in [-0.25, -0.2) is 0 Å². The van der Waals surface area contributed by atoms with Crippen LogP contribution in [0.1, 0.15) is 38.2 Å². The van der Waals surface area contributed by atoms with Crippen LogP contribution < -0.4 is 10.1 Å². The minimum absolute atomic E-state index is 0.486. The molecule has 0 radical (unpaired) electrons. The fourth-order valence-corrected chi connectivity index (χ4v) is 3.20. The molecule has 1 N–H and O–H groups in total. The molecule has 0 spiro atoms. The first-order valence-electron chi connectivity index (χ1n) is 7.72. The Morgan fingerprint density at radius 1 is 1.40 bits per heavy atom. The summed E-state index contributed by atoms with van der Waals surface area (Å²) in [6.07, 6.45) is 2.18. The number of rotatable bonds is 7. The van der Waals surface area contributed by atoms with E-state index in [-0.39, 0.29) is 0 Å². The van der Waals surface area contributed by atoms with Gasteiger partial charge in [0.2, 0.25) is 0 Å². The average molecular weight is 277 g/mol. The summed E-state index contributed by atoms with van der Waals surface area (Å²) in [5.41, 5.74) is 1.36. The van der Waals surface area contributed by atoms with Gasteiger partial charge >= 0.3 is 0 Å². The summed E-state index contributed by atoms with van der Waals surface area (Å²) in [4.78, 5) is 0. The van der Waals surface area contributed by atoms with Crippen LogP contribution in [0.5, 0.6) is 5.75 Å². The monoisotopic (exact) mass is 277 g/mol. The number of hydrogen-bond donors (Lipinski definition) is 1. The number of likely N-dealkylation sites (N-methyl/N-ethyl adjacent to an activating group) is 1. The largest absolute Gasteiger partial charge is 0.493 e. The molecular formula is C17H27NO2. The number of methoxy groups -OCH3 is 1. The highest BCUT2D eigenvalue weighted by molar-refractivity contribution is 5.38. The highest BCUT2D eigenvalue weighted by Gasteiger charge is 2.31. The summed E-state index contributed by atoms with van der Waals surface area (Å²) < 4.78 is 11.0. The minimum atomic E-state index is 0.486.